The zero-order valence-corrected chi connectivity index (χ0v) is 12.5. The Labute approximate surface area is 129 Å². The number of rotatable bonds is 2. The third kappa shape index (κ3) is 2.48. The van der Waals surface area contributed by atoms with Crippen LogP contribution in [0.2, 0.25) is 0 Å². The summed E-state index contributed by atoms with van der Waals surface area (Å²) in [7, 11) is 1.67. The Morgan fingerprint density at radius 2 is 2.27 bits per heavy atom. The van der Waals surface area contributed by atoms with Gasteiger partial charge in [0.25, 0.3) is 0 Å². The molecule has 1 N–H and O–H groups in total. The van der Waals surface area contributed by atoms with Crippen molar-refractivity contribution in [2.45, 2.75) is 12.8 Å². The van der Waals surface area contributed by atoms with Crippen molar-refractivity contribution >= 4 is 22.5 Å². The Balaban J connectivity index is 2.05. The van der Waals surface area contributed by atoms with Crippen LogP contribution in [0, 0.1) is 17.2 Å². The molecule has 1 saturated heterocycles. The Bertz CT molecular complexity index is 750. The molecule has 0 radical (unpaired) electrons. The van der Waals surface area contributed by atoms with Gasteiger partial charge in [0.05, 0.1) is 22.7 Å². The number of piperidine rings is 1. The fourth-order valence-corrected chi connectivity index (χ4v) is 3.15. The average molecular weight is 294 g/mol. The number of carbonyl (C=O) groups is 1. The van der Waals surface area contributed by atoms with Crippen molar-refractivity contribution in [1.82, 2.24) is 10.3 Å². The average Bonchev–Trinajstić information content (AvgIpc) is 2.60. The van der Waals surface area contributed by atoms with E-state index in [0.717, 1.165) is 36.0 Å². The topological polar surface area (TPSA) is 69.0 Å². The van der Waals surface area contributed by atoms with Crippen LogP contribution < -0.4 is 10.2 Å². The van der Waals surface area contributed by atoms with Crippen LogP contribution in [0.25, 0.3) is 10.9 Å². The number of pyridine rings is 1. The smallest absolute Gasteiger partial charge is 0.224 e. The van der Waals surface area contributed by atoms with Crippen molar-refractivity contribution in [1.29, 1.82) is 5.26 Å². The molecule has 0 saturated carbocycles. The number of hydrogen-bond donors (Lipinski definition) is 1. The second-order valence-electron chi connectivity index (χ2n) is 5.55. The number of hydrogen-bond acceptors (Lipinski definition) is 4. The van der Waals surface area contributed by atoms with E-state index in [1.165, 1.54) is 0 Å². The van der Waals surface area contributed by atoms with Crippen LogP contribution in [-0.2, 0) is 4.79 Å². The predicted molar refractivity (Wildman–Crippen MR) is 85.5 cm³/mol. The SMILES string of the molecule is CNC(=O)C1CCCN(c2c(C#N)cnc3ccccc23)C1. The Kier molecular flexibility index (Phi) is 3.92. The first-order valence-electron chi connectivity index (χ1n) is 7.49. The van der Waals surface area contributed by atoms with E-state index in [1.807, 2.05) is 24.3 Å². The maximum absolute atomic E-state index is 11.9. The summed E-state index contributed by atoms with van der Waals surface area (Å²) in [5.41, 5.74) is 2.34. The zero-order chi connectivity index (χ0) is 15.5. The summed E-state index contributed by atoms with van der Waals surface area (Å²) in [4.78, 5) is 18.5. The van der Waals surface area contributed by atoms with Gasteiger partial charge in [-0.1, -0.05) is 18.2 Å². The molecular weight excluding hydrogens is 276 g/mol. The van der Waals surface area contributed by atoms with E-state index < -0.39 is 0 Å². The fraction of sp³-hybridized carbons (Fsp3) is 0.353. The Morgan fingerprint density at radius 1 is 1.45 bits per heavy atom. The summed E-state index contributed by atoms with van der Waals surface area (Å²) in [6.07, 6.45) is 3.46. The summed E-state index contributed by atoms with van der Waals surface area (Å²) < 4.78 is 0. The number of nitrogens with zero attached hydrogens (tertiary/aromatic N) is 3. The first kappa shape index (κ1) is 14.3. The van der Waals surface area contributed by atoms with Gasteiger partial charge in [-0.2, -0.15) is 5.26 Å². The molecule has 1 aromatic carbocycles. The van der Waals surface area contributed by atoms with Crippen LogP contribution in [0.4, 0.5) is 5.69 Å². The van der Waals surface area contributed by atoms with Gasteiger partial charge in [0, 0.05) is 31.7 Å². The summed E-state index contributed by atoms with van der Waals surface area (Å²) in [5.74, 6) is 0.0405. The maximum Gasteiger partial charge on any atom is 0.224 e. The van der Waals surface area contributed by atoms with Gasteiger partial charge in [0.2, 0.25) is 5.91 Å². The third-order valence-corrected chi connectivity index (χ3v) is 4.22. The molecule has 1 unspecified atom stereocenters. The van der Waals surface area contributed by atoms with Crippen molar-refractivity contribution in [3.05, 3.63) is 36.0 Å². The van der Waals surface area contributed by atoms with Crippen LogP contribution in [-0.4, -0.2) is 31.0 Å². The Morgan fingerprint density at radius 3 is 3.05 bits per heavy atom. The van der Waals surface area contributed by atoms with E-state index >= 15 is 0 Å². The number of fused-ring (bicyclic) bond motifs is 1. The lowest BCUT2D eigenvalue weighted by atomic mass is 9.95. The molecule has 0 bridgehead atoms. The summed E-state index contributed by atoms with van der Waals surface area (Å²) in [5, 5.41) is 13.1. The summed E-state index contributed by atoms with van der Waals surface area (Å²) in [6.45, 7) is 1.50. The second-order valence-corrected chi connectivity index (χ2v) is 5.55. The lowest BCUT2D eigenvalue weighted by Crippen LogP contribution is -2.42. The van der Waals surface area contributed by atoms with E-state index in [9.17, 15) is 10.1 Å². The number of benzene rings is 1. The molecule has 1 amide bonds. The molecule has 2 aromatic rings. The van der Waals surface area contributed by atoms with Gasteiger partial charge < -0.3 is 10.2 Å². The van der Waals surface area contributed by atoms with Gasteiger partial charge in [-0.3, -0.25) is 9.78 Å². The minimum Gasteiger partial charge on any atom is -0.369 e. The molecular formula is C17H18N4O. The van der Waals surface area contributed by atoms with E-state index in [0.29, 0.717) is 12.1 Å². The number of anilines is 1. The highest BCUT2D eigenvalue weighted by molar-refractivity contribution is 5.94. The fourth-order valence-electron chi connectivity index (χ4n) is 3.15. The van der Waals surface area contributed by atoms with E-state index in [1.54, 1.807) is 13.2 Å². The lowest BCUT2D eigenvalue weighted by Gasteiger charge is -2.34. The standard InChI is InChI=1S/C17H18N4O/c1-19-17(22)12-5-4-8-21(11-12)16-13(9-18)10-20-15-7-3-2-6-14(15)16/h2-3,6-7,10,12H,4-5,8,11H2,1H3,(H,19,22). The first-order chi connectivity index (χ1) is 10.7. The third-order valence-electron chi connectivity index (χ3n) is 4.22. The van der Waals surface area contributed by atoms with Crippen LogP contribution in [0.15, 0.2) is 30.5 Å². The molecule has 0 spiro atoms. The van der Waals surface area contributed by atoms with Gasteiger partial charge in [0.15, 0.2) is 0 Å². The van der Waals surface area contributed by atoms with Gasteiger partial charge in [-0.05, 0) is 18.9 Å². The number of nitrogens with one attached hydrogen (secondary N) is 1. The Hall–Kier alpha value is -2.61. The van der Waals surface area contributed by atoms with Crippen molar-refractivity contribution < 1.29 is 4.79 Å². The summed E-state index contributed by atoms with van der Waals surface area (Å²) in [6, 6.07) is 10.1. The molecule has 22 heavy (non-hydrogen) atoms. The predicted octanol–water partition coefficient (Wildman–Crippen LogP) is 2.07. The van der Waals surface area contributed by atoms with Gasteiger partial charge in [-0.15, -0.1) is 0 Å². The van der Waals surface area contributed by atoms with Gasteiger partial charge in [-0.25, -0.2) is 0 Å². The first-order valence-corrected chi connectivity index (χ1v) is 7.49. The molecule has 2 heterocycles. The minimum absolute atomic E-state index is 0.0304. The van der Waals surface area contributed by atoms with E-state index in [4.69, 9.17) is 0 Å². The molecule has 0 aliphatic carbocycles. The zero-order valence-electron chi connectivity index (χ0n) is 12.5. The molecule has 112 valence electrons. The van der Waals surface area contributed by atoms with E-state index in [-0.39, 0.29) is 11.8 Å². The van der Waals surface area contributed by atoms with Crippen LogP contribution >= 0.6 is 0 Å². The number of amides is 1. The highest BCUT2D eigenvalue weighted by atomic mass is 16.1. The minimum atomic E-state index is -0.0304. The number of aromatic nitrogens is 1. The molecule has 1 aliphatic heterocycles. The van der Waals surface area contributed by atoms with E-state index in [2.05, 4.69) is 21.3 Å². The largest absolute Gasteiger partial charge is 0.369 e. The van der Waals surface area contributed by atoms with Gasteiger partial charge >= 0.3 is 0 Å². The molecule has 1 fully saturated rings. The molecule has 5 nitrogen and oxygen atoms in total. The van der Waals surface area contributed by atoms with Crippen molar-refractivity contribution in [2.75, 3.05) is 25.0 Å². The highest BCUT2D eigenvalue weighted by Crippen LogP contribution is 2.32. The highest BCUT2D eigenvalue weighted by Gasteiger charge is 2.27. The van der Waals surface area contributed by atoms with Crippen LogP contribution in [0.3, 0.4) is 0 Å². The lowest BCUT2D eigenvalue weighted by molar-refractivity contribution is -0.124. The number of para-hydroxylation sites is 1. The van der Waals surface area contributed by atoms with Crippen molar-refractivity contribution in [3.8, 4) is 6.07 Å². The van der Waals surface area contributed by atoms with Crippen molar-refractivity contribution in [3.63, 3.8) is 0 Å². The molecule has 5 heteroatoms. The van der Waals surface area contributed by atoms with Crippen LogP contribution in [0.1, 0.15) is 18.4 Å². The van der Waals surface area contributed by atoms with Crippen molar-refractivity contribution in [2.24, 2.45) is 5.92 Å². The van der Waals surface area contributed by atoms with Crippen LogP contribution in [0.5, 0.6) is 0 Å². The molecule has 3 rings (SSSR count). The molecule has 1 aromatic heterocycles. The maximum atomic E-state index is 11.9. The molecule has 1 atom stereocenters. The van der Waals surface area contributed by atoms with Gasteiger partial charge in [0.1, 0.15) is 6.07 Å². The normalized spacial score (nSPS) is 18.0. The second kappa shape index (κ2) is 6.02. The number of carbonyl (C=O) groups excluding carboxylic acids is 1. The quantitative estimate of drug-likeness (QED) is 0.920. The number of nitriles is 1. The molecule has 1 aliphatic rings. The monoisotopic (exact) mass is 294 g/mol. The summed E-state index contributed by atoms with van der Waals surface area (Å²) >= 11 is 0.